The summed E-state index contributed by atoms with van der Waals surface area (Å²) in [7, 11) is 0. The standard InChI is InChI=1S/C35H29FN2O4S/c1-4-41-34(40)30-31(23-11-6-5-7-12-23)37-35-38(32(30)24-14-17-25(36)18-15-24)33(39)29(43-35)20-27-26-13-9-8-10-22(26)16-19-28(27)42-21(2)3/h5-21,32H,4H2,1-3H3/b29-20-/t32-/m1/s1. The lowest BCUT2D eigenvalue weighted by molar-refractivity contribution is -0.138. The van der Waals surface area contributed by atoms with Gasteiger partial charge < -0.3 is 9.47 Å². The van der Waals surface area contributed by atoms with Crippen LogP contribution in [0.2, 0.25) is 0 Å². The fraction of sp³-hybridized carbons (Fsp3) is 0.171. The average molecular weight is 593 g/mol. The Labute approximate surface area is 251 Å². The topological polar surface area (TPSA) is 69.9 Å². The molecule has 4 aromatic carbocycles. The predicted molar refractivity (Wildman–Crippen MR) is 167 cm³/mol. The predicted octanol–water partition coefficient (Wildman–Crippen LogP) is 6.02. The fourth-order valence-electron chi connectivity index (χ4n) is 5.31. The molecule has 0 fully saturated rings. The second kappa shape index (κ2) is 11.8. The Hall–Kier alpha value is -4.82. The molecule has 0 aliphatic carbocycles. The third kappa shape index (κ3) is 5.42. The van der Waals surface area contributed by atoms with Gasteiger partial charge >= 0.3 is 5.97 Å². The van der Waals surface area contributed by atoms with Crippen molar-refractivity contribution in [3.05, 3.63) is 139 Å². The molecule has 0 N–H and O–H groups in total. The number of esters is 1. The Morgan fingerprint density at radius 2 is 1.72 bits per heavy atom. The van der Waals surface area contributed by atoms with E-state index in [2.05, 4.69) is 0 Å². The highest BCUT2D eigenvalue weighted by molar-refractivity contribution is 7.07. The second-order valence-electron chi connectivity index (χ2n) is 10.3. The number of carbonyl (C=O) groups excluding carboxylic acids is 1. The molecule has 6 rings (SSSR count). The van der Waals surface area contributed by atoms with Gasteiger partial charge in [0, 0.05) is 11.1 Å². The van der Waals surface area contributed by atoms with Gasteiger partial charge in [0.1, 0.15) is 11.6 Å². The molecule has 0 spiro atoms. The van der Waals surface area contributed by atoms with E-state index in [4.69, 9.17) is 14.5 Å². The average Bonchev–Trinajstić information content (AvgIpc) is 3.32. The van der Waals surface area contributed by atoms with Gasteiger partial charge in [-0.15, -0.1) is 0 Å². The van der Waals surface area contributed by atoms with Crippen molar-refractivity contribution in [3.8, 4) is 5.75 Å². The number of nitrogens with zero attached hydrogens (tertiary/aromatic N) is 2. The number of carbonyl (C=O) groups is 1. The summed E-state index contributed by atoms with van der Waals surface area (Å²) in [5.74, 6) is -0.350. The molecule has 8 heteroatoms. The summed E-state index contributed by atoms with van der Waals surface area (Å²) in [5.41, 5.74) is 2.35. The van der Waals surface area contributed by atoms with Crippen LogP contribution < -0.4 is 19.6 Å². The Bertz CT molecular complexity index is 2040. The third-order valence-electron chi connectivity index (χ3n) is 7.13. The van der Waals surface area contributed by atoms with Gasteiger partial charge in [-0.2, -0.15) is 0 Å². The maximum atomic E-state index is 14.3. The zero-order valence-electron chi connectivity index (χ0n) is 23.9. The first kappa shape index (κ1) is 28.3. The molecule has 0 saturated heterocycles. The van der Waals surface area contributed by atoms with E-state index in [1.54, 1.807) is 19.1 Å². The van der Waals surface area contributed by atoms with Gasteiger partial charge in [-0.1, -0.05) is 84.1 Å². The number of hydrogen-bond donors (Lipinski definition) is 0. The monoisotopic (exact) mass is 592 g/mol. The van der Waals surface area contributed by atoms with E-state index < -0.39 is 17.8 Å². The number of aromatic nitrogens is 1. The van der Waals surface area contributed by atoms with Crippen LogP contribution in [0.5, 0.6) is 5.75 Å². The van der Waals surface area contributed by atoms with Gasteiger partial charge in [0.25, 0.3) is 5.56 Å². The van der Waals surface area contributed by atoms with E-state index >= 15 is 0 Å². The molecule has 0 amide bonds. The minimum atomic E-state index is -0.882. The Balaban J connectivity index is 1.67. The van der Waals surface area contributed by atoms with E-state index in [1.165, 1.54) is 28.0 Å². The lowest BCUT2D eigenvalue weighted by Gasteiger charge is -2.25. The van der Waals surface area contributed by atoms with E-state index in [-0.39, 0.29) is 23.8 Å². The summed E-state index contributed by atoms with van der Waals surface area (Å²) in [4.78, 5) is 33.2. The number of halogens is 1. The first-order valence-corrected chi connectivity index (χ1v) is 14.9. The molecular weight excluding hydrogens is 563 g/mol. The number of thiazole rings is 1. The summed E-state index contributed by atoms with van der Waals surface area (Å²) in [6.07, 6.45) is 1.76. The Morgan fingerprint density at radius 3 is 2.44 bits per heavy atom. The molecule has 1 aromatic heterocycles. The van der Waals surface area contributed by atoms with Gasteiger partial charge in [-0.05, 0) is 61.4 Å². The molecular formula is C35H29FN2O4S. The summed E-state index contributed by atoms with van der Waals surface area (Å²) in [6, 6.07) is 26.1. The van der Waals surface area contributed by atoms with E-state index in [9.17, 15) is 14.0 Å². The van der Waals surface area contributed by atoms with Gasteiger partial charge in [0.2, 0.25) is 0 Å². The van der Waals surface area contributed by atoms with Gasteiger partial charge in [0.15, 0.2) is 4.80 Å². The van der Waals surface area contributed by atoms with Crippen molar-refractivity contribution in [2.24, 2.45) is 4.99 Å². The summed E-state index contributed by atoms with van der Waals surface area (Å²) in [6.45, 7) is 5.78. The first-order chi connectivity index (χ1) is 20.9. The first-order valence-electron chi connectivity index (χ1n) is 14.1. The molecule has 0 radical (unpaired) electrons. The van der Waals surface area contributed by atoms with Crippen molar-refractivity contribution in [1.82, 2.24) is 4.57 Å². The van der Waals surface area contributed by atoms with E-state index in [1.807, 2.05) is 86.7 Å². The van der Waals surface area contributed by atoms with Crippen LogP contribution in [0.15, 0.2) is 106 Å². The minimum Gasteiger partial charge on any atom is -0.490 e. The third-order valence-corrected chi connectivity index (χ3v) is 8.11. The van der Waals surface area contributed by atoms with Crippen LogP contribution in [0.3, 0.4) is 0 Å². The lowest BCUT2D eigenvalue weighted by atomic mass is 9.93. The van der Waals surface area contributed by atoms with Crippen molar-refractivity contribution < 1.29 is 18.7 Å². The largest absolute Gasteiger partial charge is 0.490 e. The molecule has 0 unspecified atom stereocenters. The SMILES string of the molecule is CCOC(=O)C1=C(c2ccccc2)N=c2s/c(=C\c3c(OC(C)C)ccc4ccccc34)c(=O)n2[C@@H]1c1ccc(F)cc1. The van der Waals surface area contributed by atoms with Crippen molar-refractivity contribution in [3.63, 3.8) is 0 Å². The molecule has 0 bridgehead atoms. The van der Waals surface area contributed by atoms with Crippen molar-refractivity contribution in [2.45, 2.75) is 32.9 Å². The van der Waals surface area contributed by atoms with Crippen LogP contribution in [0.4, 0.5) is 4.39 Å². The quantitative estimate of drug-likeness (QED) is 0.217. The zero-order chi connectivity index (χ0) is 30.1. The van der Waals surface area contributed by atoms with Gasteiger partial charge in [0.05, 0.1) is 34.6 Å². The Kier molecular flexibility index (Phi) is 7.78. The maximum Gasteiger partial charge on any atom is 0.338 e. The summed E-state index contributed by atoms with van der Waals surface area (Å²) < 4.78 is 27.6. The molecule has 2 heterocycles. The van der Waals surface area contributed by atoms with Crippen molar-refractivity contribution in [2.75, 3.05) is 6.61 Å². The molecule has 5 aromatic rings. The van der Waals surface area contributed by atoms with Crippen LogP contribution in [0.25, 0.3) is 22.5 Å². The number of rotatable bonds is 7. The lowest BCUT2D eigenvalue weighted by Crippen LogP contribution is -2.40. The van der Waals surface area contributed by atoms with Gasteiger partial charge in [-0.3, -0.25) is 9.36 Å². The van der Waals surface area contributed by atoms with E-state index in [0.29, 0.717) is 31.9 Å². The number of hydrogen-bond acceptors (Lipinski definition) is 6. The highest BCUT2D eigenvalue weighted by Gasteiger charge is 2.35. The molecule has 43 heavy (non-hydrogen) atoms. The smallest absolute Gasteiger partial charge is 0.338 e. The minimum absolute atomic E-state index is 0.0754. The number of ether oxygens (including phenoxy) is 2. The summed E-state index contributed by atoms with van der Waals surface area (Å²) >= 11 is 1.23. The number of benzene rings is 4. The molecule has 0 saturated carbocycles. The van der Waals surface area contributed by atoms with Crippen LogP contribution in [-0.2, 0) is 9.53 Å². The maximum absolute atomic E-state index is 14.3. The highest BCUT2D eigenvalue weighted by Crippen LogP contribution is 2.35. The van der Waals surface area contributed by atoms with Crippen LogP contribution >= 0.6 is 11.3 Å². The zero-order valence-corrected chi connectivity index (χ0v) is 24.7. The molecule has 1 aliphatic heterocycles. The molecule has 6 nitrogen and oxygen atoms in total. The second-order valence-corrected chi connectivity index (χ2v) is 11.4. The molecule has 216 valence electrons. The molecule has 1 atom stereocenters. The van der Waals surface area contributed by atoms with Crippen LogP contribution in [-0.4, -0.2) is 23.2 Å². The van der Waals surface area contributed by atoms with Crippen molar-refractivity contribution in [1.29, 1.82) is 0 Å². The van der Waals surface area contributed by atoms with Crippen LogP contribution in [0, 0.1) is 5.82 Å². The van der Waals surface area contributed by atoms with E-state index in [0.717, 1.165) is 16.3 Å². The summed E-state index contributed by atoms with van der Waals surface area (Å²) in [5, 5.41) is 1.96. The number of fused-ring (bicyclic) bond motifs is 2. The fourth-order valence-corrected chi connectivity index (χ4v) is 6.30. The van der Waals surface area contributed by atoms with Crippen molar-refractivity contribution >= 4 is 39.9 Å². The normalized spacial score (nSPS) is 15.0. The van der Waals surface area contributed by atoms with Gasteiger partial charge in [-0.25, -0.2) is 14.2 Å². The van der Waals surface area contributed by atoms with Crippen LogP contribution in [0.1, 0.15) is 43.5 Å². The highest BCUT2D eigenvalue weighted by atomic mass is 32.1. The Morgan fingerprint density at radius 1 is 1.00 bits per heavy atom. The molecule has 1 aliphatic rings.